The second-order valence-electron chi connectivity index (χ2n) is 2.75. The summed E-state index contributed by atoms with van der Waals surface area (Å²) in [5.74, 6) is 0. The fourth-order valence-corrected chi connectivity index (χ4v) is 1.93. The Morgan fingerprint density at radius 1 is 1.33 bits per heavy atom. The van der Waals surface area contributed by atoms with E-state index in [0.717, 1.165) is 0 Å². The predicted molar refractivity (Wildman–Crippen MR) is 44.1 cm³/mol. The number of rotatable bonds is 1. The molecule has 1 nitrogen and oxygen atoms in total. The van der Waals surface area contributed by atoms with Crippen LogP contribution >= 0.6 is 12.6 Å². The minimum Gasteiger partial charge on any atom is -0.316 e. The van der Waals surface area contributed by atoms with E-state index in [1.165, 1.54) is 25.7 Å². The summed E-state index contributed by atoms with van der Waals surface area (Å²) in [6, 6.07) is 0.669. The van der Waals surface area contributed by atoms with Crippen LogP contribution in [0.1, 0.15) is 25.7 Å². The van der Waals surface area contributed by atoms with E-state index in [0.29, 0.717) is 11.3 Å². The summed E-state index contributed by atoms with van der Waals surface area (Å²) < 4.78 is 0. The van der Waals surface area contributed by atoms with Gasteiger partial charge in [0.05, 0.1) is 0 Å². The molecule has 2 atom stereocenters. The standard InChI is InChI=1S/C7H15NS/c1-8-6-4-2-3-5-7(6)9/h6-9H,2-5H2,1H3. The molecule has 0 aromatic heterocycles. The third-order valence-electron chi connectivity index (χ3n) is 2.10. The SMILES string of the molecule is CNC1CCCCC1S. The molecular weight excluding hydrogens is 130 g/mol. The average molecular weight is 145 g/mol. The van der Waals surface area contributed by atoms with Crippen LogP contribution in [0.15, 0.2) is 0 Å². The Kier molecular flexibility index (Phi) is 2.86. The van der Waals surface area contributed by atoms with Gasteiger partial charge in [-0.05, 0) is 19.9 Å². The molecular formula is C7H15NS. The van der Waals surface area contributed by atoms with Crippen molar-refractivity contribution in [3.8, 4) is 0 Å². The molecule has 2 unspecified atom stereocenters. The molecule has 0 aliphatic heterocycles. The molecule has 0 aromatic rings. The summed E-state index contributed by atoms with van der Waals surface area (Å²) in [7, 11) is 2.03. The molecule has 1 aliphatic rings. The summed E-state index contributed by atoms with van der Waals surface area (Å²) in [6.45, 7) is 0. The Hall–Kier alpha value is 0.310. The first kappa shape index (κ1) is 7.42. The van der Waals surface area contributed by atoms with Gasteiger partial charge in [0.1, 0.15) is 0 Å². The van der Waals surface area contributed by atoms with Crippen LogP contribution in [0.3, 0.4) is 0 Å². The van der Waals surface area contributed by atoms with E-state index in [9.17, 15) is 0 Å². The molecule has 9 heavy (non-hydrogen) atoms. The highest BCUT2D eigenvalue weighted by molar-refractivity contribution is 7.81. The smallest absolute Gasteiger partial charge is 0.0181 e. The lowest BCUT2D eigenvalue weighted by atomic mass is 9.95. The Bertz CT molecular complexity index is 85.0. The molecule has 0 radical (unpaired) electrons. The first-order valence-electron chi connectivity index (χ1n) is 3.70. The van der Waals surface area contributed by atoms with Gasteiger partial charge in [-0.1, -0.05) is 12.8 Å². The third kappa shape index (κ3) is 1.87. The highest BCUT2D eigenvalue weighted by Crippen LogP contribution is 2.21. The molecule has 0 amide bonds. The van der Waals surface area contributed by atoms with Crippen molar-refractivity contribution in [3.05, 3.63) is 0 Å². The largest absolute Gasteiger partial charge is 0.316 e. The van der Waals surface area contributed by atoms with Gasteiger partial charge < -0.3 is 5.32 Å². The van der Waals surface area contributed by atoms with E-state index in [-0.39, 0.29) is 0 Å². The van der Waals surface area contributed by atoms with Crippen molar-refractivity contribution < 1.29 is 0 Å². The number of nitrogens with one attached hydrogen (secondary N) is 1. The van der Waals surface area contributed by atoms with Crippen LogP contribution in [-0.4, -0.2) is 18.3 Å². The van der Waals surface area contributed by atoms with E-state index in [4.69, 9.17) is 0 Å². The fourth-order valence-electron chi connectivity index (χ4n) is 1.45. The van der Waals surface area contributed by atoms with Crippen LogP contribution in [0.2, 0.25) is 0 Å². The van der Waals surface area contributed by atoms with Gasteiger partial charge in [0.25, 0.3) is 0 Å². The minimum absolute atomic E-state index is 0.601. The number of hydrogen-bond donors (Lipinski definition) is 2. The van der Waals surface area contributed by atoms with Gasteiger partial charge in [0, 0.05) is 11.3 Å². The zero-order valence-electron chi connectivity index (χ0n) is 5.93. The lowest BCUT2D eigenvalue weighted by Gasteiger charge is -2.27. The minimum atomic E-state index is 0.601. The second kappa shape index (κ2) is 3.47. The van der Waals surface area contributed by atoms with Crippen molar-refractivity contribution in [1.82, 2.24) is 5.32 Å². The molecule has 0 saturated heterocycles. The lowest BCUT2D eigenvalue weighted by molar-refractivity contribution is 0.407. The molecule has 0 heterocycles. The van der Waals surface area contributed by atoms with E-state index in [1.807, 2.05) is 7.05 Å². The normalized spacial score (nSPS) is 36.7. The van der Waals surface area contributed by atoms with Gasteiger partial charge in [-0.3, -0.25) is 0 Å². The fraction of sp³-hybridized carbons (Fsp3) is 1.00. The number of hydrogen-bond acceptors (Lipinski definition) is 2. The summed E-state index contributed by atoms with van der Waals surface area (Å²) in [5, 5.41) is 3.88. The Balaban J connectivity index is 2.30. The molecule has 0 spiro atoms. The van der Waals surface area contributed by atoms with Gasteiger partial charge in [0.2, 0.25) is 0 Å². The molecule has 1 N–H and O–H groups in total. The van der Waals surface area contributed by atoms with Crippen LogP contribution in [0.25, 0.3) is 0 Å². The Morgan fingerprint density at radius 2 is 2.00 bits per heavy atom. The Labute approximate surface area is 62.6 Å². The Morgan fingerprint density at radius 3 is 2.44 bits per heavy atom. The molecule has 0 aromatic carbocycles. The van der Waals surface area contributed by atoms with Crippen LogP contribution in [0, 0.1) is 0 Å². The van der Waals surface area contributed by atoms with Crippen molar-refractivity contribution in [2.75, 3.05) is 7.05 Å². The molecule has 1 saturated carbocycles. The predicted octanol–water partition coefficient (Wildman–Crippen LogP) is 1.45. The van der Waals surface area contributed by atoms with Crippen LogP contribution in [0.5, 0.6) is 0 Å². The summed E-state index contributed by atoms with van der Waals surface area (Å²) in [6.07, 6.45) is 5.34. The van der Waals surface area contributed by atoms with Crippen molar-refractivity contribution in [3.63, 3.8) is 0 Å². The van der Waals surface area contributed by atoms with Crippen molar-refractivity contribution in [1.29, 1.82) is 0 Å². The van der Waals surface area contributed by atoms with E-state index < -0.39 is 0 Å². The van der Waals surface area contributed by atoms with Crippen molar-refractivity contribution in [2.24, 2.45) is 0 Å². The molecule has 1 aliphatic carbocycles. The maximum absolute atomic E-state index is 4.47. The second-order valence-corrected chi connectivity index (χ2v) is 3.41. The molecule has 2 heteroatoms. The van der Waals surface area contributed by atoms with E-state index in [2.05, 4.69) is 17.9 Å². The van der Waals surface area contributed by atoms with Gasteiger partial charge in [-0.25, -0.2) is 0 Å². The molecule has 54 valence electrons. The summed E-state index contributed by atoms with van der Waals surface area (Å²) in [5.41, 5.74) is 0. The van der Waals surface area contributed by atoms with Gasteiger partial charge in [-0.2, -0.15) is 12.6 Å². The molecule has 1 rings (SSSR count). The van der Waals surface area contributed by atoms with E-state index >= 15 is 0 Å². The summed E-state index contributed by atoms with van der Waals surface area (Å²) >= 11 is 4.47. The zero-order chi connectivity index (χ0) is 6.69. The first-order chi connectivity index (χ1) is 4.34. The average Bonchev–Trinajstić information content (AvgIpc) is 1.89. The maximum Gasteiger partial charge on any atom is 0.0181 e. The lowest BCUT2D eigenvalue weighted by Crippen LogP contribution is -2.36. The van der Waals surface area contributed by atoms with Crippen LogP contribution in [0.4, 0.5) is 0 Å². The van der Waals surface area contributed by atoms with Crippen LogP contribution < -0.4 is 5.32 Å². The van der Waals surface area contributed by atoms with Crippen molar-refractivity contribution in [2.45, 2.75) is 37.0 Å². The van der Waals surface area contributed by atoms with Gasteiger partial charge in [-0.15, -0.1) is 0 Å². The monoisotopic (exact) mass is 145 g/mol. The third-order valence-corrected chi connectivity index (χ3v) is 2.72. The van der Waals surface area contributed by atoms with Gasteiger partial charge in [0.15, 0.2) is 0 Å². The topological polar surface area (TPSA) is 12.0 Å². The highest BCUT2D eigenvalue weighted by atomic mass is 32.1. The zero-order valence-corrected chi connectivity index (χ0v) is 6.82. The quantitative estimate of drug-likeness (QED) is 0.532. The van der Waals surface area contributed by atoms with Gasteiger partial charge >= 0.3 is 0 Å². The van der Waals surface area contributed by atoms with Crippen LogP contribution in [-0.2, 0) is 0 Å². The molecule has 0 bridgehead atoms. The maximum atomic E-state index is 4.47. The molecule has 1 fully saturated rings. The van der Waals surface area contributed by atoms with Crippen molar-refractivity contribution >= 4 is 12.6 Å². The van der Waals surface area contributed by atoms with E-state index in [1.54, 1.807) is 0 Å². The highest BCUT2D eigenvalue weighted by Gasteiger charge is 2.19. The number of thiol groups is 1. The summed E-state index contributed by atoms with van der Waals surface area (Å²) in [4.78, 5) is 0. The first-order valence-corrected chi connectivity index (χ1v) is 4.21.